The highest BCUT2D eigenvalue weighted by Crippen LogP contribution is 2.37. The van der Waals surface area contributed by atoms with Crippen LogP contribution in [0.1, 0.15) is 13.3 Å². The van der Waals surface area contributed by atoms with Crippen molar-refractivity contribution in [3.05, 3.63) is 42.5 Å². The fourth-order valence-electron chi connectivity index (χ4n) is 3.21. The predicted octanol–water partition coefficient (Wildman–Crippen LogP) is 4.77. The Morgan fingerprint density at radius 3 is 2.75 bits per heavy atom. The molecular formula is C21H23N3O3S. The molecule has 7 heteroatoms. The molecule has 0 aliphatic heterocycles. The lowest BCUT2D eigenvalue weighted by atomic mass is 10.1. The molecule has 0 saturated heterocycles. The van der Waals surface area contributed by atoms with Crippen LogP contribution in [0.5, 0.6) is 11.5 Å². The van der Waals surface area contributed by atoms with Crippen molar-refractivity contribution in [3.8, 4) is 22.8 Å². The molecule has 0 atom stereocenters. The van der Waals surface area contributed by atoms with Crippen LogP contribution in [0, 0.1) is 0 Å². The minimum atomic E-state index is 0.244. The normalized spacial score (nSPS) is 11.4. The fraction of sp³-hybridized carbons (Fsp3) is 0.286. The summed E-state index contributed by atoms with van der Waals surface area (Å²) in [7, 11) is 1.71. The van der Waals surface area contributed by atoms with E-state index in [9.17, 15) is 5.11 Å². The Morgan fingerprint density at radius 2 is 2.00 bits per heavy atom. The number of anilines is 1. The van der Waals surface area contributed by atoms with Gasteiger partial charge in [-0.15, -0.1) is 0 Å². The van der Waals surface area contributed by atoms with Gasteiger partial charge in [0.15, 0.2) is 4.96 Å². The minimum absolute atomic E-state index is 0.244. The van der Waals surface area contributed by atoms with Crippen LogP contribution in [-0.2, 0) is 4.74 Å². The summed E-state index contributed by atoms with van der Waals surface area (Å²) in [6.07, 6.45) is 0.898. The van der Waals surface area contributed by atoms with Gasteiger partial charge in [0.05, 0.1) is 16.8 Å². The van der Waals surface area contributed by atoms with Crippen molar-refractivity contribution < 1.29 is 14.6 Å². The van der Waals surface area contributed by atoms with Crippen molar-refractivity contribution >= 4 is 32.3 Å². The van der Waals surface area contributed by atoms with E-state index >= 15 is 0 Å². The van der Waals surface area contributed by atoms with E-state index in [0.29, 0.717) is 13.2 Å². The molecule has 2 heterocycles. The molecule has 0 bridgehead atoms. The molecule has 2 aromatic carbocycles. The summed E-state index contributed by atoms with van der Waals surface area (Å²) in [4.78, 5) is 5.81. The fourth-order valence-corrected chi connectivity index (χ4v) is 4.27. The van der Waals surface area contributed by atoms with E-state index in [-0.39, 0.29) is 5.75 Å². The van der Waals surface area contributed by atoms with Gasteiger partial charge in [-0.05, 0) is 55.8 Å². The summed E-state index contributed by atoms with van der Waals surface area (Å²) < 4.78 is 14.1. The number of nitrogens with zero attached hydrogens (tertiary/aromatic N) is 2. The van der Waals surface area contributed by atoms with Crippen LogP contribution in [0.4, 0.5) is 5.82 Å². The molecule has 0 aliphatic rings. The van der Waals surface area contributed by atoms with Gasteiger partial charge in [0.1, 0.15) is 23.0 Å². The molecule has 4 aromatic rings. The number of nitrogens with one attached hydrogen (secondary N) is 1. The second kappa shape index (κ2) is 8.08. The zero-order valence-corrected chi connectivity index (χ0v) is 16.8. The Bertz CT molecular complexity index is 1090. The molecule has 0 aliphatic carbocycles. The second-order valence-electron chi connectivity index (χ2n) is 6.41. The number of benzene rings is 2. The summed E-state index contributed by atoms with van der Waals surface area (Å²) in [6.45, 7) is 4.11. The number of hydrogen-bond acceptors (Lipinski definition) is 6. The third-order valence-corrected chi connectivity index (χ3v) is 5.49. The number of phenols is 1. The maximum atomic E-state index is 9.62. The number of aromatic nitrogens is 2. The van der Waals surface area contributed by atoms with E-state index < -0.39 is 0 Å². The molecule has 2 aromatic heterocycles. The number of ether oxygens (including phenoxy) is 2. The number of hydrogen-bond donors (Lipinski definition) is 2. The zero-order chi connectivity index (χ0) is 19.5. The first kappa shape index (κ1) is 18.6. The van der Waals surface area contributed by atoms with Gasteiger partial charge in [0, 0.05) is 25.8 Å². The van der Waals surface area contributed by atoms with Crippen LogP contribution < -0.4 is 10.1 Å². The predicted molar refractivity (Wildman–Crippen MR) is 114 cm³/mol. The molecule has 0 unspecified atom stereocenters. The third-order valence-electron chi connectivity index (χ3n) is 4.49. The highest BCUT2D eigenvalue weighted by molar-refractivity contribution is 7.23. The highest BCUT2D eigenvalue weighted by Gasteiger charge is 2.18. The van der Waals surface area contributed by atoms with Gasteiger partial charge in [-0.25, -0.2) is 4.98 Å². The van der Waals surface area contributed by atoms with Crippen LogP contribution in [0.15, 0.2) is 42.5 Å². The summed E-state index contributed by atoms with van der Waals surface area (Å²) in [5.41, 5.74) is 2.93. The van der Waals surface area contributed by atoms with Gasteiger partial charge in [-0.3, -0.25) is 4.40 Å². The summed E-state index contributed by atoms with van der Waals surface area (Å²) in [6, 6.07) is 13.3. The monoisotopic (exact) mass is 397 g/mol. The topological polar surface area (TPSA) is 68.0 Å². The lowest BCUT2D eigenvalue weighted by Crippen LogP contribution is -2.07. The SMILES string of the molecule is CCOc1ccc2c(c1)sc1nc(-c3ccc(O)cc3)c(NCCCOC)n12. The van der Waals surface area contributed by atoms with Crippen LogP contribution in [-0.4, -0.2) is 41.4 Å². The molecule has 2 N–H and O–H groups in total. The van der Waals surface area contributed by atoms with Gasteiger partial charge in [0.2, 0.25) is 0 Å². The van der Waals surface area contributed by atoms with Crippen LogP contribution in [0.3, 0.4) is 0 Å². The molecule has 0 saturated carbocycles. The first-order valence-corrected chi connectivity index (χ1v) is 10.1. The molecule has 6 nitrogen and oxygen atoms in total. The Balaban J connectivity index is 1.82. The van der Waals surface area contributed by atoms with Crippen molar-refractivity contribution in [2.45, 2.75) is 13.3 Å². The van der Waals surface area contributed by atoms with Crippen molar-refractivity contribution in [2.24, 2.45) is 0 Å². The Labute approximate surface area is 167 Å². The smallest absolute Gasteiger partial charge is 0.197 e. The average Bonchev–Trinajstić information content (AvgIpc) is 3.22. The van der Waals surface area contributed by atoms with Crippen LogP contribution in [0.25, 0.3) is 26.4 Å². The highest BCUT2D eigenvalue weighted by atomic mass is 32.1. The van der Waals surface area contributed by atoms with E-state index in [1.807, 2.05) is 25.1 Å². The Kier molecular flexibility index (Phi) is 5.36. The third kappa shape index (κ3) is 3.50. The Hall–Kier alpha value is -2.77. The molecule has 0 radical (unpaired) electrons. The Morgan fingerprint density at radius 1 is 1.18 bits per heavy atom. The molecule has 146 valence electrons. The number of aromatic hydroxyl groups is 1. The van der Waals surface area contributed by atoms with Crippen molar-refractivity contribution in [1.29, 1.82) is 0 Å². The second-order valence-corrected chi connectivity index (χ2v) is 7.42. The average molecular weight is 398 g/mol. The summed E-state index contributed by atoms with van der Waals surface area (Å²) in [5, 5.41) is 13.2. The van der Waals surface area contributed by atoms with E-state index in [1.165, 1.54) is 0 Å². The maximum absolute atomic E-state index is 9.62. The van der Waals surface area contributed by atoms with E-state index in [2.05, 4.69) is 21.9 Å². The quantitative estimate of drug-likeness (QED) is 0.419. The van der Waals surface area contributed by atoms with Gasteiger partial charge >= 0.3 is 0 Å². The molecular weight excluding hydrogens is 374 g/mol. The van der Waals surface area contributed by atoms with Gasteiger partial charge < -0.3 is 19.9 Å². The minimum Gasteiger partial charge on any atom is -0.508 e. The summed E-state index contributed by atoms with van der Waals surface area (Å²) >= 11 is 1.64. The van der Waals surface area contributed by atoms with E-state index in [0.717, 1.165) is 51.0 Å². The molecule has 0 spiro atoms. The first-order valence-electron chi connectivity index (χ1n) is 9.31. The van der Waals surface area contributed by atoms with Crippen molar-refractivity contribution in [3.63, 3.8) is 0 Å². The zero-order valence-electron chi connectivity index (χ0n) is 15.9. The first-order chi connectivity index (χ1) is 13.7. The van der Waals surface area contributed by atoms with Crippen molar-refractivity contribution in [2.75, 3.05) is 32.2 Å². The number of imidazole rings is 1. The van der Waals surface area contributed by atoms with Gasteiger partial charge in [0.25, 0.3) is 0 Å². The number of phenolic OH excluding ortho intramolecular Hbond substituents is 1. The van der Waals surface area contributed by atoms with E-state index in [4.69, 9.17) is 14.5 Å². The standard InChI is InChI=1S/C21H23N3O3S/c1-3-27-16-9-10-17-18(13-16)28-21-23-19(14-5-7-15(25)8-6-14)20(24(17)21)22-11-4-12-26-2/h5-10,13,22,25H,3-4,11-12H2,1-2H3. The number of thiazole rings is 1. The van der Waals surface area contributed by atoms with Crippen molar-refractivity contribution in [1.82, 2.24) is 9.38 Å². The largest absolute Gasteiger partial charge is 0.508 e. The number of methoxy groups -OCH3 is 1. The molecule has 0 amide bonds. The number of fused-ring (bicyclic) bond motifs is 3. The lowest BCUT2D eigenvalue weighted by Gasteiger charge is -2.09. The molecule has 0 fully saturated rings. The number of rotatable bonds is 8. The molecule has 4 rings (SSSR count). The van der Waals surface area contributed by atoms with Crippen LogP contribution >= 0.6 is 11.3 Å². The van der Waals surface area contributed by atoms with Gasteiger partial charge in [-0.2, -0.15) is 0 Å². The molecule has 28 heavy (non-hydrogen) atoms. The summed E-state index contributed by atoms with van der Waals surface area (Å²) in [5.74, 6) is 2.06. The van der Waals surface area contributed by atoms with Gasteiger partial charge in [-0.1, -0.05) is 11.3 Å². The maximum Gasteiger partial charge on any atom is 0.197 e. The lowest BCUT2D eigenvalue weighted by molar-refractivity contribution is 0.198. The van der Waals surface area contributed by atoms with Crippen LogP contribution in [0.2, 0.25) is 0 Å². The van der Waals surface area contributed by atoms with E-state index in [1.54, 1.807) is 30.6 Å².